The maximum absolute atomic E-state index is 12.2. The molecule has 1 aromatic carbocycles. The van der Waals surface area contributed by atoms with Gasteiger partial charge in [-0.05, 0) is 18.8 Å². The van der Waals surface area contributed by atoms with E-state index in [0.29, 0.717) is 16.7 Å². The third kappa shape index (κ3) is 1.89. The first-order valence-electron chi connectivity index (χ1n) is 6.81. The summed E-state index contributed by atoms with van der Waals surface area (Å²) in [4.78, 5) is 24.4. The highest BCUT2D eigenvalue weighted by atomic mass is 16.3. The maximum Gasteiger partial charge on any atom is 0.234 e. The molecule has 1 fully saturated rings. The van der Waals surface area contributed by atoms with Gasteiger partial charge in [0.2, 0.25) is 11.6 Å². The number of ketones is 2. The SMILES string of the molecule is O=C1C(=O)c2ccccc2C(O)=C1C1CCCCC1. The van der Waals surface area contributed by atoms with Crippen molar-refractivity contribution in [3.63, 3.8) is 0 Å². The smallest absolute Gasteiger partial charge is 0.234 e. The van der Waals surface area contributed by atoms with Crippen LogP contribution in [0, 0.1) is 5.92 Å². The molecular weight excluding hydrogens is 240 g/mol. The van der Waals surface area contributed by atoms with Crippen LogP contribution in [0.1, 0.15) is 48.0 Å². The van der Waals surface area contributed by atoms with E-state index in [4.69, 9.17) is 0 Å². The number of aliphatic hydroxyl groups is 1. The molecule has 2 aliphatic rings. The van der Waals surface area contributed by atoms with Gasteiger partial charge >= 0.3 is 0 Å². The summed E-state index contributed by atoms with van der Waals surface area (Å²) in [6, 6.07) is 6.79. The number of allylic oxidation sites excluding steroid dienone is 1. The Hall–Kier alpha value is -1.90. The number of aliphatic hydroxyl groups excluding tert-OH is 1. The van der Waals surface area contributed by atoms with Crippen LogP contribution in [-0.2, 0) is 4.79 Å². The van der Waals surface area contributed by atoms with Crippen LogP contribution in [-0.4, -0.2) is 16.7 Å². The Balaban J connectivity index is 2.12. The van der Waals surface area contributed by atoms with E-state index in [1.54, 1.807) is 24.3 Å². The molecule has 0 spiro atoms. The maximum atomic E-state index is 12.2. The molecule has 0 atom stereocenters. The Morgan fingerprint density at radius 3 is 2.21 bits per heavy atom. The van der Waals surface area contributed by atoms with Crippen LogP contribution in [0.3, 0.4) is 0 Å². The molecule has 98 valence electrons. The number of carbonyl (C=O) groups excluding carboxylic acids is 2. The average Bonchev–Trinajstić information content (AvgIpc) is 2.46. The van der Waals surface area contributed by atoms with Crippen LogP contribution < -0.4 is 0 Å². The van der Waals surface area contributed by atoms with Gasteiger partial charge in [-0.15, -0.1) is 0 Å². The number of rotatable bonds is 1. The molecular formula is C16H16O3. The molecule has 0 amide bonds. The predicted octanol–water partition coefficient (Wildman–Crippen LogP) is 3.30. The molecule has 3 rings (SSSR count). The second kappa shape index (κ2) is 4.65. The van der Waals surface area contributed by atoms with Gasteiger partial charge in [0, 0.05) is 16.7 Å². The van der Waals surface area contributed by atoms with E-state index in [1.807, 2.05) is 0 Å². The van der Waals surface area contributed by atoms with Crippen LogP contribution in [0.25, 0.3) is 5.76 Å². The summed E-state index contributed by atoms with van der Waals surface area (Å²) in [5.41, 5.74) is 1.18. The van der Waals surface area contributed by atoms with Crippen LogP contribution in [0.15, 0.2) is 29.8 Å². The topological polar surface area (TPSA) is 54.4 Å². The van der Waals surface area contributed by atoms with Gasteiger partial charge in [0.1, 0.15) is 5.76 Å². The fourth-order valence-electron chi connectivity index (χ4n) is 3.15. The Morgan fingerprint density at radius 2 is 1.53 bits per heavy atom. The van der Waals surface area contributed by atoms with Crippen LogP contribution >= 0.6 is 0 Å². The monoisotopic (exact) mass is 256 g/mol. The van der Waals surface area contributed by atoms with Crippen LogP contribution in [0.4, 0.5) is 0 Å². The number of Topliss-reactive ketones (excluding diaryl/α,β-unsaturated/α-hetero) is 2. The molecule has 1 aromatic rings. The fraction of sp³-hybridized carbons (Fsp3) is 0.375. The molecule has 19 heavy (non-hydrogen) atoms. The van der Waals surface area contributed by atoms with Gasteiger partial charge in [-0.3, -0.25) is 9.59 Å². The van der Waals surface area contributed by atoms with E-state index in [2.05, 4.69) is 0 Å². The van der Waals surface area contributed by atoms with Crippen molar-refractivity contribution in [1.29, 1.82) is 0 Å². The molecule has 1 N–H and O–H groups in total. The number of fused-ring (bicyclic) bond motifs is 1. The van der Waals surface area contributed by atoms with Crippen LogP contribution in [0.2, 0.25) is 0 Å². The molecule has 2 aliphatic carbocycles. The molecule has 3 nitrogen and oxygen atoms in total. The minimum atomic E-state index is -0.511. The summed E-state index contributed by atoms with van der Waals surface area (Å²) in [6.45, 7) is 0. The molecule has 1 saturated carbocycles. The largest absolute Gasteiger partial charge is 0.507 e. The van der Waals surface area contributed by atoms with E-state index in [-0.39, 0.29) is 11.7 Å². The lowest BCUT2D eigenvalue weighted by Gasteiger charge is -2.27. The van der Waals surface area contributed by atoms with Crippen molar-refractivity contribution < 1.29 is 14.7 Å². The Labute approximate surface area is 111 Å². The van der Waals surface area contributed by atoms with Crippen molar-refractivity contribution >= 4 is 17.3 Å². The first-order valence-corrected chi connectivity index (χ1v) is 6.81. The first kappa shape index (κ1) is 12.2. The predicted molar refractivity (Wildman–Crippen MR) is 71.9 cm³/mol. The average molecular weight is 256 g/mol. The van der Waals surface area contributed by atoms with Gasteiger partial charge in [-0.1, -0.05) is 43.5 Å². The van der Waals surface area contributed by atoms with Gasteiger partial charge in [0.05, 0.1) is 0 Å². The van der Waals surface area contributed by atoms with E-state index in [1.165, 1.54) is 6.42 Å². The summed E-state index contributed by atoms with van der Waals surface area (Å²) in [6.07, 6.45) is 5.07. The zero-order chi connectivity index (χ0) is 13.4. The quantitative estimate of drug-likeness (QED) is 0.784. The highest BCUT2D eigenvalue weighted by Crippen LogP contribution is 2.37. The molecule has 0 aliphatic heterocycles. The Morgan fingerprint density at radius 1 is 0.895 bits per heavy atom. The van der Waals surface area contributed by atoms with Gasteiger partial charge in [-0.25, -0.2) is 0 Å². The molecule has 0 aromatic heterocycles. The standard InChI is InChI=1S/C16H16O3/c17-14-11-8-4-5-9-12(11)15(18)16(19)13(14)10-6-2-1-3-7-10/h4-5,8-10,17H,1-3,6-7H2. The third-order valence-electron chi connectivity index (χ3n) is 4.15. The second-order valence-electron chi connectivity index (χ2n) is 5.30. The Bertz CT molecular complexity index is 577. The van der Waals surface area contributed by atoms with Crippen LogP contribution in [0.5, 0.6) is 0 Å². The summed E-state index contributed by atoms with van der Waals surface area (Å²) >= 11 is 0. The fourth-order valence-corrected chi connectivity index (χ4v) is 3.15. The van der Waals surface area contributed by atoms with Crippen molar-refractivity contribution in [2.75, 3.05) is 0 Å². The zero-order valence-corrected chi connectivity index (χ0v) is 10.7. The Kier molecular flexibility index (Phi) is 2.97. The zero-order valence-electron chi connectivity index (χ0n) is 10.7. The highest BCUT2D eigenvalue weighted by molar-refractivity contribution is 6.52. The van der Waals surface area contributed by atoms with E-state index >= 15 is 0 Å². The molecule has 3 heteroatoms. The second-order valence-corrected chi connectivity index (χ2v) is 5.30. The number of hydrogen-bond acceptors (Lipinski definition) is 3. The highest BCUT2D eigenvalue weighted by Gasteiger charge is 2.36. The first-order chi connectivity index (χ1) is 9.20. The number of hydrogen-bond donors (Lipinski definition) is 1. The van der Waals surface area contributed by atoms with Crippen molar-refractivity contribution in [3.05, 3.63) is 41.0 Å². The summed E-state index contributed by atoms with van der Waals surface area (Å²) in [5.74, 6) is -0.928. The summed E-state index contributed by atoms with van der Waals surface area (Å²) in [5, 5.41) is 10.4. The van der Waals surface area contributed by atoms with Crippen molar-refractivity contribution in [2.24, 2.45) is 5.92 Å². The number of benzene rings is 1. The van der Waals surface area contributed by atoms with E-state index < -0.39 is 11.6 Å². The molecule has 0 bridgehead atoms. The molecule has 0 saturated heterocycles. The van der Waals surface area contributed by atoms with Gasteiger partial charge in [0.25, 0.3) is 0 Å². The lowest BCUT2D eigenvalue weighted by atomic mass is 9.76. The van der Waals surface area contributed by atoms with Gasteiger partial charge in [-0.2, -0.15) is 0 Å². The number of carbonyl (C=O) groups is 2. The van der Waals surface area contributed by atoms with Crippen molar-refractivity contribution in [2.45, 2.75) is 32.1 Å². The minimum absolute atomic E-state index is 0.0205. The lowest BCUT2D eigenvalue weighted by Crippen LogP contribution is -2.29. The van der Waals surface area contributed by atoms with Gasteiger partial charge in [0.15, 0.2) is 0 Å². The van der Waals surface area contributed by atoms with Crippen molar-refractivity contribution in [3.8, 4) is 0 Å². The minimum Gasteiger partial charge on any atom is -0.507 e. The normalized spacial score (nSPS) is 20.6. The van der Waals surface area contributed by atoms with E-state index in [9.17, 15) is 14.7 Å². The molecule has 0 heterocycles. The third-order valence-corrected chi connectivity index (χ3v) is 4.15. The van der Waals surface area contributed by atoms with Crippen molar-refractivity contribution in [1.82, 2.24) is 0 Å². The summed E-state index contributed by atoms with van der Waals surface area (Å²) < 4.78 is 0. The molecule has 0 unspecified atom stereocenters. The van der Waals surface area contributed by atoms with Gasteiger partial charge < -0.3 is 5.11 Å². The van der Waals surface area contributed by atoms with E-state index in [0.717, 1.165) is 25.7 Å². The summed E-state index contributed by atoms with van der Waals surface area (Å²) in [7, 11) is 0. The lowest BCUT2D eigenvalue weighted by molar-refractivity contribution is -0.112. The molecule has 0 radical (unpaired) electrons.